The van der Waals surface area contributed by atoms with Gasteiger partial charge in [0.15, 0.2) is 0 Å². The largest absolute Gasteiger partial charge is 0.397 e. The Bertz CT molecular complexity index is 520. The van der Waals surface area contributed by atoms with Crippen molar-refractivity contribution in [3.8, 4) is 0 Å². The zero-order valence-electron chi connectivity index (χ0n) is 8.88. The molecule has 1 rings (SSSR count). The van der Waals surface area contributed by atoms with E-state index in [1.165, 1.54) is 13.0 Å². The standard InChI is InChI=1S/C9H11ClF2N2O2S/c1-5-2-6(10)7(13)3-8(5)17(15,16)14-4-9(11)12/h2-3,9,14H,4,13H2,1H3. The molecule has 0 unspecified atom stereocenters. The second-order valence-electron chi connectivity index (χ2n) is 3.38. The normalized spacial score (nSPS) is 12.1. The maximum Gasteiger partial charge on any atom is 0.251 e. The van der Waals surface area contributed by atoms with Crippen molar-refractivity contribution in [3.63, 3.8) is 0 Å². The Morgan fingerprint density at radius 3 is 2.59 bits per heavy atom. The maximum absolute atomic E-state index is 12.0. The predicted octanol–water partition coefficient (Wildman–Crippen LogP) is 1.77. The third kappa shape index (κ3) is 3.52. The highest BCUT2D eigenvalue weighted by Gasteiger charge is 2.19. The van der Waals surface area contributed by atoms with Crippen LogP contribution in [0.3, 0.4) is 0 Å². The van der Waals surface area contributed by atoms with E-state index in [2.05, 4.69) is 0 Å². The fraction of sp³-hybridized carbons (Fsp3) is 0.333. The zero-order valence-corrected chi connectivity index (χ0v) is 10.4. The van der Waals surface area contributed by atoms with Crippen molar-refractivity contribution < 1.29 is 17.2 Å². The zero-order chi connectivity index (χ0) is 13.2. The number of nitrogens with one attached hydrogen (secondary N) is 1. The molecule has 0 aliphatic heterocycles. The van der Waals surface area contributed by atoms with Gasteiger partial charge in [0.2, 0.25) is 10.0 Å². The monoisotopic (exact) mass is 284 g/mol. The van der Waals surface area contributed by atoms with Gasteiger partial charge in [-0.05, 0) is 24.6 Å². The molecule has 4 nitrogen and oxygen atoms in total. The van der Waals surface area contributed by atoms with E-state index in [4.69, 9.17) is 17.3 Å². The maximum atomic E-state index is 12.0. The van der Waals surface area contributed by atoms with Crippen LogP contribution in [0, 0.1) is 6.92 Å². The highest BCUT2D eigenvalue weighted by atomic mass is 35.5. The number of nitrogen functional groups attached to an aromatic ring is 1. The highest BCUT2D eigenvalue weighted by Crippen LogP contribution is 2.26. The summed E-state index contributed by atoms with van der Waals surface area (Å²) < 4.78 is 49.0. The number of sulfonamides is 1. The third-order valence-corrected chi connectivity index (χ3v) is 3.90. The minimum Gasteiger partial charge on any atom is -0.397 e. The number of rotatable bonds is 4. The summed E-state index contributed by atoms with van der Waals surface area (Å²) in [5.41, 5.74) is 5.89. The summed E-state index contributed by atoms with van der Waals surface area (Å²) in [6, 6.07) is 2.51. The SMILES string of the molecule is Cc1cc(Cl)c(N)cc1S(=O)(=O)NCC(F)F. The number of hydrogen-bond acceptors (Lipinski definition) is 3. The van der Waals surface area contributed by atoms with Gasteiger partial charge in [0, 0.05) is 0 Å². The number of anilines is 1. The number of aryl methyl sites for hydroxylation is 1. The van der Waals surface area contributed by atoms with E-state index in [9.17, 15) is 17.2 Å². The molecule has 96 valence electrons. The molecule has 0 atom stereocenters. The summed E-state index contributed by atoms with van der Waals surface area (Å²) in [5.74, 6) is 0. The number of nitrogens with two attached hydrogens (primary N) is 1. The Morgan fingerprint density at radius 1 is 1.47 bits per heavy atom. The summed E-state index contributed by atoms with van der Waals surface area (Å²) in [4.78, 5) is -0.153. The molecule has 0 saturated carbocycles. The summed E-state index contributed by atoms with van der Waals surface area (Å²) in [5, 5.41) is 0.218. The van der Waals surface area contributed by atoms with Gasteiger partial charge in [0.05, 0.1) is 22.2 Å². The smallest absolute Gasteiger partial charge is 0.251 e. The minimum absolute atomic E-state index is 0.0784. The van der Waals surface area contributed by atoms with Gasteiger partial charge in [0.25, 0.3) is 6.43 Å². The Balaban J connectivity index is 3.11. The molecule has 0 bridgehead atoms. The summed E-state index contributed by atoms with van der Waals surface area (Å²) >= 11 is 5.70. The van der Waals surface area contributed by atoms with E-state index in [-0.39, 0.29) is 15.6 Å². The molecular formula is C9H11ClF2N2O2S. The molecule has 0 amide bonds. The fourth-order valence-electron chi connectivity index (χ4n) is 1.21. The van der Waals surface area contributed by atoms with Gasteiger partial charge in [-0.15, -0.1) is 0 Å². The van der Waals surface area contributed by atoms with E-state index in [1.807, 2.05) is 0 Å². The molecule has 0 fully saturated rings. The Kier molecular flexibility index (Phi) is 4.29. The van der Waals surface area contributed by atoms with Crippen LogP contribution in [0.25, 0.3) is 0 Å². The van der Waals surface area contributed by atoms with Crippen LogP contribution in [0.2, 0.25) is 5.02 Å². The first kappa shape index (κ1) is 14.1. The molecular weight excluding hydrogens is 274 g/mol. The van der Waals surface area contributed by atoms with Crippen LogP contribution in [0.15, 0.2) is 17.0 Å². The molecule has 0 heterocycles. The van der Waals surface area contributed by atoms with Crippen molar-refractivity contribution >= 4 is 27.3 Å². The topological polar surface area (TPSA) is 72.2 Å². The lowest BCUT2D eigenvalue weighted by atomic mass is 10.2. The average molecular weight is 285 g/mol. The Labute approximate surface area is 103 Å². The molecule has 0 saturated heterocycles. The molecule has 17 heavy (non-hydrogen) atoms. The summed E-state index contributed by atoms with van der Waals surface area (Å²) in [7, 11) is -3.99. The first-order valence-electron chi connectivity index (χ1n) is 4.57. The van der Waals surface area contributed by atoms with Crippen LogP contribution in [0.4, 0.5) is 14.5 Å². The molecule has 3 N–H and O–H groups in total. The highest BCUT2D eigenvalue weighted by molar-refractivity contribution is 7.89. The number of halogens is 3. The third-order valence-electron chi connectivity index (χ3n) is 2.01. The Morgan fingerprint density at radius 2 is 2.06 bits per heavy atom. The molecule has 1 aromatic rings. The van der Waals surface area contributed by atoms with Crippen LogP contribution >= 0.6 is 11.6 Å². The lowest BCUT2D eigenvalue weighted by Gasteiger charge is -2.10. The lowest BCUT2D eigenvalue weighted by molar-refractivity contribution is 0.153. The lowest BCUT2D eigenvalue weighted by Crippen LogP contribution is -2.29. The molecule has 0 spiro atoms. The molecule has 0 aliphatic carbocycles. The first-order valence-corrected chi connectivity index (χ1v) is 6.43. The Hall–Kier alpha value is -0.920. The van der Waals surface area contributed by atoms with Gasteiger partial charge in [-0.25, -0.2) is 21.9 Å². The van der Waals surface area contributed by atoms with Crippen LogP contribution in [0.5, 0.6) is 0 Å². The van der Waals surface area contributed by atoms with Gasteiger partial charge in [-0.1, -0.05) is 11.6 Å². The van der Waals surface area contributed by atoms with Crippen LogP contribution in [0.1, 0.15) is 5.56 Å². The summed E-state index contributed by atoms with van der Waals surface area (Å²) in [6.45, 7) is 0.562. The quantitative estimate of drug-likeness (QED) is 0.828. The van der Waals surface area contributed by atoms with E-state index in [1.54, 1.807) is 4.72 Å². The van der Waals surface area contributed by atoms with Gasteiger partial charge in [-0.2, -0.15) is 0 Å². The number of alkyl halides is 2. The van der Waals surface area contributed by atoms with E-state index in [0.717, 1.165) is 6.07 Å². The van der Waals surface area contributed by atoms with Crippen LogP contribution < -0.4 is 10.5 Å². The van der Waals surface area contributed by atoms with Gasteiger partial charge in [0.1, 0.15) is 0 Å². The second-order valence-corrected chi connectivity index (χ2v) is 5.52. The molecule has 0 aromatic heterocycles. The van der Waals surface area contributed by atoms with Crippen molar-refractivity contribution in [1.29, 1.82) is 0 Å². The number of benzene rings is 1. The van der Waals surface area contributed by atoms with Crippen LogP contribution in [-0.4, -0.2) is 21.4 Å². The van der Waals surface area contributed by atoms with Crippen molar-refractivity contribution in [2.45, 2.75) is 18.2 Å². The molecule has 0 radical (unpaired) electrons. The van der Waals surface area contributed by atoms with Crippen molar-refractivity contribution in [2.24, 2.45) is 0 Å². The van der Waals surface area contributed by atoms with Crippen molar-refractivity contribution in [2.75, 3.05) is 12.3 Å². The van der Waals surface area contributed by atoms with Crippen LogP contribution in [-0.2, 0) is 10.0 Å². The average Bonchev–Trinajstić information content (AvgIpc) is 2.20. The van der Waals surface area contributed by atoms with Crippen molar-refractivity contribution in [1.82, 2.24) is 4.72 Å². The fourth-order valence-corrected chi connectivity index (χ4v) is 2.69. The van der Waals surface area contributed by atoms with E-state index >= 15 is 0 Å². The minimum atomic E-state index is -3.99. The molecule has 0 aliphatic rings. The first-order chi connectivity index (χ1) is 7.74. The van der Waals surface area contributed by atoms with E-state index in [0.29, 0.717) is 5.56 Å². The second kappa shape index (κ2) is 5.16. The van der Waals surface area contributed by atoms with Gasteiger partial charge >= 0.3 is 0 Å². The van der Waals surface area contributed by atoms with Crippen molar-refractivity contribution in [3.05, 3.63) is 22.7 Å². The predicted molar refractivity (Wildman–Crippen MR) is 61.8 cm³/mol. The van der Waals surface area contributed by atoms with E-state index < -0.39 is 23.0 Å². The van der Waals surface area contributed by atoms with Gasteiger partial charge in [-0.3, -0.25) is 0 Å². The molecule has 8 heteroatoms. The molecule has 1 aromatic carbocycles. The number of hydrogen-bond donors (Lipinski definition) is 2. The summed E-state index contributed by atoms with van der Waals surface area (Å²) in [6.07, 6.45) is -2.75. The van der Waals surface area contributed by atoms with Gasteiger partial charge < -0.3 is 5.73 Å².